The average Bonchev–Trinajstić information content (AvgIpc) is 2.76. The van der Waals surface area contributed by atoms with E-state index in [-0.39, 0.29) is 5.97 Å². The van der Waals surface area contributed by atoms with Crippen molar-refractivity contribution in [2.75, 3.05) is 13.7 Å². The molecule has 0 unspecified atom stereocenters. The Labute approximate surface area is 96.4 Å². The molecule has 1 N–H and O–H groups in total. The fourth-order valence-corrected chi connectivity index (χ4v) is 2.30. The van der Waals surface area contributed by atoms with E-state index in [1.807, 2.05) is 0 Å². The molecule has 2 aromatic rings. The number of hydrogen-bond acceptors (Lipinski definition) is 5. The van der Waals surface area contributed by atoms with Gasteiger partial charge in [-0.3, -0.25) is 0 Å². The van der Waals surface area contributed by atoms with Crippen LogP contribution in [-0.4, -0.2) is 29.7 Å². The van der Waals surface area contributed by atoms with Gasteiger partial charge in [0.15, 0.2) is 0 Å². The Hall–Kier alpha value is -1.40. The normalized spacial score (nSPS) is 10.9. The van der Waals surface area contributed by atoms with E-state index < -0.39 is 0 Å². The van der Waals surface area contributed by atoms with Crippen LogP contribution in [0.1, 0.15) is 22.4 Å². The molecule has 0 fully saturated rings. The quantitative estimate of drug-likeness (QED) is 0.829. The van der Waals surface area contributed by atoms with E-state index in [4.69, 9.17) is 9.47 Å². The zero-order chi connectivity index (χ0) is 11.5. The van der Waals surface area contributed by atoms with Crippen molar-refractivity contribution >= 4 is 27.7 Å². The Bertz CT molecular complexity index is 472. The van der Waals surface area contributed by atoms with Crippen LogP contribution in [0.4, 0.5) is 0 Å². The molecule has 2 rings (SSSR count). The van der Waals surface area contributed by atoms with E-state index in [2.05, 4.69) is 9.97 Å². The van der Waals surface area contributed by atoms with Crippen LogP contribution in [-0.2, 0) is 16.1 Å². The lowest BCUT2D eigenvalue weighted by Gasteiger charge is -1.97. The maximum absolute atomic E-state index is 11.4. The molecule has 0 saturated carbocycles. The van der Waals surface area contributed by atoms with Gasteiger partial charge in [-0.1, -0.05) is 0 Å². The molecule has 0 spiro atoms. The number of hydrogen-bond donors (Lipinski definition) is 1. The fourth-order valence-electron chi connectivity index (χ4n) is 1.36. The summed E-state index contributed by atoms with van der Waals surface area (Å²) in [4.78, 5) is 18.6. The van der Waals surface area contributed by atoms with Crippen molar-refractivity contribution in [3.05, 3.63) is 16.8 Å². The van der Waals surface area contributed by atoms with Gasteiger partial charge in [0.25, 0.3) is 0 Å². The Morgan fingerprint density at radius 2 is 2.44 bits per heavy atom. The van der Waals surface area contributed by atoms with Gasteiger partial charge in [0.1, 0.15) is 16.3 Å². The number of thiazole rings is 1. The molecule has 0 aliphatic rings. The molecule has 0 aliphatic heterocycles. The number of ether oxygens (including phenoxy) is 2. The highest BCUT2D eigenvalue weighted by Gasteiger charge is 2.13. The number of carbonyl (C=O) groups is 1. The van der Waals surface area contributed by atoms with Gasteiger partial charge >= 0.3 is 5.97 Å². The monoisotopic (exact) mass is 240 g/mol. The smallest absolute Gasteiger partial charge is 0.354 e. The molecule has 16 heavy (non-hydrogen) atoms. The van der Waals surface area contributed by atoms with Crippen molar-refractivity contribution in [2.24, 2.45) is 0 Å². The van der Waals surface area contributed by atoms with Crippen LogP contribution in [0, 0.1) is 0 Å². The number of aromatic amines is 1. The van der Waals surface area contributed by atoms with E-state index in [0.717, 1.165) is 9.71 Å². The molecule has 0 atom stereocenters. The van der Waals surface area contributed by atoms with Crippen LogP contribution < -0.4 is 0 Å². The summed E-state index contributed by atoms with van der Waals surface area (Å²) in [6.45, 7) is 2.63. The van der Waals surface area contributed by atoms with Gasteiger partial charge in [-0.25, -0.2) is 9.78 Å². The largest absolute Gasteiger partial charge is 0.461 e. The van der Waals surface area contributed by atoms with Gasteiger partial charge in [0.05, 0.1) is 17.9 Å². The molecular formula is C10H12N2O3S. The molecule has 0 aromatic carbocycles. The summed E-state index contributed by atoms with van der Waals surface area (Å²) in [6.07, 6.45) is 0. The van der Waals surface area contributed by atoms with Crippen LogP contribution >= 0.6 is 11.3 Å². The summed E-state index contributed by atoms with van der Waals surface area (Å²) < 4.78 is 10.8. The van der Waals surface area contributed by atoms with Crippen LogP contribution in [0.15, 0.2) is 6.07 Å². The SMILES string of the molecule is CCOC(=O)c1cc2sc(COC)nc2[nH]1. The van der Waals surface area contributed by atoms with Crippen molar-refractivity contribution in [2.45, 2.75) is 13.5 Å². The lowest BCUT2D eigenvalue weighted by Crippen LogP contribution is -2.04. The summed E-state index contributed by atoms with van der Waals surface area (Å²) in [5, 5.41) is 0.888. The molecule has 0 bridgehead atoms. The number of aromatic nitrogens is 2. The molecule has 0 amide bonds. The van der Waals surface area contributed by atoms with E-state index in [1.54, 1.807) is 20.1 Å². The maximum atomic E-state index is 11.4. The second kappa shape index (κ2) is 4.63. The summed E-state index contributed by atoms with van der Waals surface area (Å²) in [6, 6.07) is 1.75. The summed E-state index contributed by atoms with van der Waals surface area (Å²) >= 11 is 1.50. The van der Waals surface area contributed by atoms with E-state index in [0.29, 0.717) is 24.6 Å². The zero-order valence-corrected chi connectivity index (χ0v) is 9.89. The van der Waals surface area contributed by atoms with Crippen molar-refractivity contribution in [1.82, 2.24) is 9.97 Å². The Kier molecular flexibility index (Phi) is 3.21. The molecular weight excluding hydrogens is 228 g/mol. The summed E-state index contributed by atoms with van der Waals surface area (Å²) in [5.41, 5.74) is 1.15. The first-order valence-electron chi connectivity index (χ1n) is 4.89. The van der Waals surface area contributed by atoms with Crippen molar-refractivity contribution in [3.8, 4) is 0 Å². The lowest BCUT2D eigenvalue weighted by atomic mass is 10.4. The molecule has 2 aromatic heterocycles. The number of fused-ring (bicyclic) bond motifs is 1. The highest BCUT2D eigenvalue weighted by molar-refractivity contribution is 7.18. The van der Waals surface area contributed by atoms with E-state index in [1.165, 1.54) is 11.3 Å². The van der Waals surface area contributed by atoms with Crippen molar-refractivity contribution in [3.63, 3.8) is 0 Å². The number of carbonyl (C=O) groups excluding carboxylic acids is 1. The van der Waals surface area contributed by atoms with Gasteiger partial charge in [-0.05, 0) is 13.0 Å². The first kappa shape index (κ1) is 11.1. The Morgan fingerprint density at radius 3 is 3.06 bits per heavy atom. The van der Waals surface area contributed by atoms with Gasteiger partial charge in [-0.15, -0.1) is 11.3 Å². The highest BCUT2D eigenvalue weighted by Crippen LogP contribution is 2.23. The van der Waals surface area contributed by atoms with Gasteiger partial charge in [-0.2, -0.15) is 0 Å². The predicted octanol–water partition coefficient (Wildman–Crippen LogP) is 1.95. The van der Waals surface area contributed by atoms with Crippen LogP contribution in [0.2, 0.25) is 0 Å². The number of nitrogens with one attached hydrogen (secondary N) is 1. The van der Waals surface area contributed by atoms with Crippen LogP contribution in [0.25, 0.3) is 10.3 Å². The van der Waals surface area contributed by atoms with Crippen molar-refractivity contribution in [1.29, 1.82) is 0 Å². The predicted molar refractivity (Wildman–Crippen MR) is 60.6 cm³/mol. The molecule has 6 heteroatoms. The molecule has 2 heterocycles. The summed E-state index contributed by atoms with van der Waals surface area (Å²) in [5.74, 6) is -0.346. The van der Waals surface area contributed by atoms with E-state index in [9.17, 15) is 4.79 Å². The highest BCUT2D eigenvalue weighted by atomic mass is 32.1. The zero-order valence-electron chi connectivity index (χ0n) is 9.07. The molecule has 5 nitrogen and oxygen atoms in total. The Morgan fingerprint density at radius 1 is 1.62 bits per heavy atom. The third kappa shape index (κ3) is 2.07. The van der Waals surface area contributed by atoms with Gasteiger partial charge < -0.3 is 14.5 Å². The van der Waals surface area contributed by atoms with E-state index >= 15 is 0 Å². The second-order valence-electron chi connectivity index (χ2n) is 3.16. The number of rotatable bonds is 4. The number of nitrogens with zero attached hydrogens (tertiary/aromatic N) is 1. The van der Waals surface area contributed by atoms with Gasteiger partial charge in [0, 0.05) is 7.11 Å². The van der Waals surface area contributed by atoms with Crippen LogP contribution in [0.3, 0.4) is 0 Å². The van der Waals surface area contributed by atoms with Gasteiger partial charge in [0.2, 0.25) is 0 Å². The molecule has 86 valence electrons. The Balaban J connectivity index is 2.25. The minimum absolute atomic E-state index is 0.346. The minimum atomic E-state index is -0.346. The molecule has 0 aliphatic carbocycles. The molecule has 0 radical (unpaired) electrons. The summed E-state index contributed by atoms with van der Waals surface area (Å²) in [7, 11) is 1.62. The second-order valence-corrected chi connectivity index (χ2v) is 4.27. The topological polar surface area (TPSA) is 64.2 Å². The number of H-pyrrole nitrogens is 1. The minimum Gasteiger partial charge on any atom is -0.461 e. The lowest BCUT2D eigenvalue weighted by molar-refractivity contribution is 0.0520. The number of methoxy groups -OCH3 is 1. The maximum Gasteiger partial charge on any atom is 0.354 e. The fraction of sp³-hybridized carbons (Fsp3) is 0.400. The number of esters is 1. The third-order valence-electron chi connectivity index (χ3n) is 1.99. The average molecular weight is 240 g/mol. The van der Waals surface area contributed by atoms with Crippen LogP contribution in [0.5, 0.6) is 0 Å². The third-order valence-corrected chi connectivity index (χ3v) is 2.97. The molecule has 0 saturated heterocycles. The first-order valence-corrected chi connectivity index (χ1v) is 5.70. The van der Waals surface area contributed by atoms with Crippen molar-refractivity contribution < 1.29 is 14.3 Å². The first-order chi connectivity index (χ1) is 7.74. The standard InChI is InChI=1S/C10H12N2O3S/c1-3-15-10(13)6-4-7-9(11-6)12-8(16-7)5-14-2/h4,11H,3,5H2,1-2H3.